The lowest BCUT2D eigenvalue weighted by atomic mass is 9.93. The average molecular weight is 309 g/mol. The molecule has 0 spiro atoms. The van der Waals surface area contributed by atoms with Gasteiger partial charge >= 0.3 is 0 Å². The number of carbonyl (C=O) groups is 1. The van der Waals surface area contributed by atoms with Crippen molar-refractivity contribution in [3.63, 3.8) is 0 Å². The highest BCUT2D eigenvalue weighted by Crippen LogP contribution is 2.15. The van der Waals surface area contributed by atoms with E-state index in [4.69, 9.17) is 11.5 Å². The topological polar surface area (TPSA) is 115 Å². The maximum absolute atomic E-state index is 12.2. The van der Waals surface area contributed by atoms with E-state index in [1.54, 1.807) is 26.0 Å². The summed E-state index contributed by atoms with van der Waals surface area (Å²) in [6, 6.07) is 6.18. The molecule has 0 unspecified atom stereocenters. The molecule has 6 nitrogen and oxygen atoms in total. The molecular formula is C14H19N3O3S. The van der Waals surface area contributed by atoms with Crippen molar-refractivity contribution < 1.29 is 13.2 Å². The number of hydrogen-bond acceptors (Lipinski definition) is 4. The molecule has 0 atom stereocenters. The van der Waals surface area contributed by atoms with Crippen LogP contribution in [0.25, 0.3) is 0 Å². The average Bonchev–Trinajstić information content (AvgIpc) is 2.43. The molecule has 0 saturated heterocycles. The number of nitrogens with two attached hydrogens (primary N) is 2. The van der Waals surface area contributed by atoms with Crippen LogP contribution in [0.5, 0.6) is 0 Å². The molecule has 1 rings (SSSR count). The van der Waals surface area contributed by atoms with Gasteiger partial charge in [0, 0.05) is 12.1 Å². The first-order chi connectivity index (χ1) is 9.69. The van der Waals surface area contributed by atoms with Gasteiger partial charge in [0.05, 0.1) is 16.9 Å². The van der Waals surface area contributed by atoms with Gasteiger partial charge in [-0.2, -0.15) is 0 Å². The highest BCUT2D eigenvalue weighted by molar-refractivity contribution is 7.89. The van der Waals surface area contributed by atoms with Crippen LogP contribution in [0.1, 0.15) is 19.4 Å². The van der Waals surface area contributed by atoms with E-state index in [0.29, 0.717) is 5.56 Å². The summed E-state index contributed by atoms with van der Waals surface area (Å²) in [4.78, 5) is 11.3. The van der Waals surface area contributed by atoms with Crippen LogP contribution < -0.4 is 16.2 Å². The molecule has 0 saturated carbocycles. The summed E-state index contributed by atoms with van der Waals surface area (Å²) < 4.78 is 26.8. The van der Waals surface area contributed by atoms with E-state index in [-0.39, 0.29) is 18.0 Å². The molecule has 0 aromatic heterocycles. The van der Waals surface area contributed by atoms with Gasteiger partial charge in [-0.05, 0) is 32.0 Å². The van der Waals surface area contributed by atoms with Crippen LogP contribution in [0.4, 0.5) is 0 Å². The van der Waals surface area contributed by atoms with Crippen LogP contribution >= 0.6 is 0 Å². The first-order valence-electron chi connectivity index (χ1n) is 6.27. The zero-order valence-corrected chi connectivity index (χ0v) is 12.8. The van der Waals surface area contributed by atoms with Gasteiger partial charge in [-0.1, -0.05) is 17.9 Å². The summed E-state index contributed by atoms with van der Waals surface area (Å²) in [6.07, 6.45) is 0. The quantitative estimate of drug-likeness (QED) is 0.652. The van der Waals surface area contributed by atoms with Gasteiger partial charge < -0.3 is 11.5 Å². The molecule has 5 N–H and O–H groups in total. The molecule has 114 valence electrons. The number of hydrogen-bond donors (Lipinski definition) is 3. The predicted molar refractivity (Wildman–Crippen MR) is 80.5 cm³/mol. The summed E-state index contributed by atoms with van der Waals surface area (Å²) in [5.74, 6) is 4.85. The van der Waals surface area contributed by atoms with Gasteiger partial charge in [0.2, 0.25) is 15.9 Å². The maximum Gasteiger partial charge on any atom is 0.240 e. The fourth-order valence-corrected chi connectivity index (χ4v) is 2.60. The van der Waals surface area contributed by atoms with E-state index in [9.17, 15) is 13.2 Å². The Hall–Kier alpha value is -1.88. The molecule has 0 aliphatic rings. The second kappa shape index (κ2) is 6.72. The minimum atomic E-state index is -3.73. The minimum Gasteiger partial charge on any atom is -0.369 e. The smallest absolute Gasteiger partial charge is 0.240 e. The second-order valence-electron chi connectivity index (χ2n) is 5.11. The van der Waals surface area contributed by atoms with Gasteiger partial charge in [-0.3, -0.25) is 4.79 Å². The van der Waals surface area contributed by atoms with Crippen molar-refractivity contribution in [2.75, 3.05) is 13.1 Å². The summed E-state index contributed by atoms with van der Waals surface area (Å²) in [5, 5.41) is 0. The number of nitrogens with one attached hydrogen (secondary N) is 1. The minimum absolute atomic E-state index is 0.0755. The van der Waals surface area contributed by atoms with Crippen molar-refractivity contribution >= 4 is 15.9 Å². The largest absolute Gasteiger partial charge is 0.369 e. The third-order valence-corrected chi connectivity index (χ3v) is 4.25. The van der Waals surface area contributed by atoms with Gasteiger partial charge in [0.15, 0.2) is 0 Å². The van der Waals surface area contributed by atoms with Crippen molar-refractivity contribution in [2.24, 2.45) is 16.9 Å². The third kappa shape index (κ3) is 4.86. The van der Waals surface area contributed by atoms with Crippen molar-refractivity contribution in [2.45, 2.75) is 18.7 Å². The Morgan fingerprint density at radius 3 is 2.62 bits per heavy atom. The lowest BCUT2D eigenvalue weighted by Gasteiger charge is -2.20. The second-order valence-corrected chi connectivity index (χ2v) is 6.87. The summed E-state index contributed by atoms with van der Waals surface area (Å²) >= 11 is 0. The van der Waals surface area contributed by atoms with E-state index in [2.05, 4.69) is 16.6 Å². The van der Waals surface area contributed by atoms with Crippen molar-refractivity contribution in [1.82, 2.24) is 4.72 Å². The molecule has 0 radical (unpaired) electrons. The summed E-state index contributed by atoms with van der Waals surface area (Å²) in [7, 11) is -3.73. The summed E-state index contributed by atoms with van der Waals surface area (Å²) in [5.41, 5.74) is 10.1. The molecule has 0 bridgehead atoms. The zero-order chi connectivity index (χ0) is 16.1. The first kappa shape index (κ1) is 17.2. The molecule has 1 aromatic carbocycles. The zero-order valence-electron chi connectivity index (χ0n) is 12.0. The van der Waals surface area contributed by atoms with Crippen LogP contribution in [-0.4, -0.2) is 27.4 Å². The number of sulfonamides is 1. The summed E-state index contributed by atoms with van der Waals surface area (Å²) in [6.45, 7) is 3.26. The lowest BCUT2D eigenvalue weighted by Crippen LogP contribution is -2.42. The number of amides is 1. The molecule has 1 amide bonds. The highest BCUT2D eigenvalue weighted by Gasteiger charge is 2.27. The standard InChI is InChI=1S/C14H19N3O3S/c1-14(2,13(16)18)10-17-21(19,20)12-7-3-5-11(9-12)6-4-8-15/h3,5,7,9,17H,8,10,15H2,1-2H3,(H2,16,18). The van der Waals surface area contributed by atoms with Crippen molar-refractivity contribution in [3.05, 3.63) is 29.8 Å². The molecule has 0 aliphatic heterocycles. The van der Waals surface area contributed by atoms with Gasteiger partial charge in [-0.15, -0.1) is 0 Å². The normalized spacial score (nSPS) is 11.6. The SMILES string of the molecule is CC(C)(CNS(=O)(=O)c1cccc(C#CCN)c1)C(N)=O. The van der Waals surface area contributed by atoms with Crippen LogP contribution in [0.15, 0.2) is 29.2 Å². The lowest BCUT2D eigenvalue weighted by molar-refractivity contribution is -0.125. The van der Waals surface area contributed by atoms with E-state index in [1.165, 1.54) is 12.1 Å². The van der Waals surface area contributed by atoms with Gasteiger partial charge in [-0.25, -0.2) is 13.1 Å². The predicted octanol–water partition coefficient (Wildman–Crippen LogP) is -0.213. The number of rotatable bonds is 5. The van der Waals surface area contributed by atoms with Crippen LogP contribution in [0.2, 0.25) is 0 Å². The van der Waals surface area contributed by atoms with Crippen LogP contribution in [0, 0.1) is 17.3 Å². The van der Waals surface area contributed by atoms with Crippen LogP contribution in [0.3, 0.4) is 0 Å². The molecular weight excluding hydrogens is 290 g/mol. The first-order valence-corrected chi connectivity index (χ1v) is 7.76. The van der Waals surface area contributed by atoms with Gasteiger partial charge in [0.25, 0.3) is 0 Å². The Labute approximate surface area is 125 Å². The van der Waals surface area contributed by atoms with E-state index in [1.807, 2.05) is 0 Å². The fourth-order valence-electron chi connectivity index (χ4n) is 1.34. The monoisotopic (exact) mass is 309 g/mol. The van der Waals surface area contributed by atoms with Crippen molar-refractivity contribution in [1.29, 1.82) is 0 Å². The molecule has 0 fully saturated rings. The Morgan fingerprint density at radius 1 is 1.38 bits per heavy atom. The Balaban J connectivity index is 2.96. The van der Waals surface area contributed by atoms with E-state index < -0.39 is 21.3 Å². The molecule has 21 heavy (non-hydrogen) atoms. The maximum atomic E-state index is 12.2. The Kier molecular flexibility index (Phi) is 5.49. The molecule has 0 aliphatic carbocycles. The van der Waals surface area contributed by atoms with E-state index >= 15 is 0 Å². The van der Waals surface area contributed by atoms with Crippen molar-refractivity contribution in [3.8, 4) is 11.8 Å². The van der Waals surface area contributed by atoms with Crippen LogP contribution in [-0.2, 0) is 14.8 Å². The Morgan fingerprint density at radius 2 is 2.05 bits per heavy atom. The molecule has 1 aromatic rings. The molecule has 7 heteroatoms. The Bertz CT molecular complexity index is 685. The molecule has 0 heterocycles. The number of benzene rings is 1. The number of carbonyl (C=O) groups excluding carboxylic acids is 1. The van der Waals surface area contributed by atoms with E-state index in [0.717, 1.165) is 0 Å². The number of primary amides is 1. The highest BCUT2D eigenvalue weighted by atomic mass is 32.2. The van der Waals surface area contributed by atoms with Gasteiger partial charge in [0.1, 0.15) is 0 Å². The fraction of sp³-hybridized carbons (Fsp3) is 0.357. The third-order valence-electron chi connectivity index (χ3n) is 2.85.